The Bertz CT molecular complexity index is 387. The van der Waals surface area contributed by atoms with Gasteiger partial charge in [-0.05, 0) is 43.0 Å². The van der Waals surface area contributed by atoms with Crippen molar-refractivity contribution in [3.63, 3.8) is 0 Å². The van der Waals surface area contributed by atoms with Gasteiger partial charge in [0.1, 0.15) is 5.75 Å². The van der Waals surface area contributed by atoms with Crippen LogP contribution in [0, 0.1) is 0 Å². The van der Waals surface area contributed by atoms with Gasteiger partial charge in [-0.2, -0.15) is 0 Å². The normalized spacial score (nSPS) is 10.3. The van der Waals surface area contributed by atoms with Crippen molar-refractivity contribution >= 4 is 5.91 Å². The maximum atomic E-state index is 12.5. The lowest BCUT2D eigenvalue weighted by molar-refractivity contribution is 0.0755. The third kappa shape index (κ3) is 4.27. The Morgan fingerprint density at radius 3 is 2.21 bits per heavy atom. The number of carbonyl (C=O) groups is 1. The van der Waals surface area contributed by atoms with Crippen molar-refractivity contribution in [2.24, 2.45) is 0 Å². The summed E-state index contributed by atoms with van der Waals surface area (Å²) in [5.41, 5.74) is 1.87. The molecule has 0 fully saturated rings. The molecule has 0 saturated heterocycles. The molecule has 0 radical (unpaired) electrons. The molecule has 106 valence electrons. The van der Waals surface area contributed by atoms with Crippen LogP contribution in [-0.2, 0) is 6.42 Å². The molecule has 0 N–H and O–H groups in total. The Kier molecular flexibility index (Phi) is 6.40. The van der Waals surface area contributed by atoms with Gasteiger partial charge in [0.15, 0.2) is 0 Å². The maximum Gasteiger partial charge on any atom is 0.253 e. The number of amides is 1. The van der Waals surface area contributed by atoms with Crippen LogP contribution in [0.25, 0.3) is 0 Å². The second-order valence-corrected chi connectivity index (χ2v) is 4.72. The maximum absolute atomic E-state index is 12.5. The molecule has 0 saturated carbocycles. The number of aryl methyl sites for hydroxylation is 1. The average Bonchev–Trinajstić information content (AvgIpc) is 2.45. The van der Waals surface area contributed by atoms with Crippen LogP contribution < -0.4 is 4.74 Å². The number of hydrogen-bond acceptors (Lipinski definition) is 2. The summed E-state index contributed by atoms with van der Waals surface area (Å²) >= 11 is 0. The second kappa shape index (κ2) is 7.82. The summed E-state index contributed by atoms with van der Waals surface area (Å²) in [7, 11) is 1.64. The fourth-order valence-corrected chi connectivity index (χ4v) is 2.14. The number of ether oxygens (including phenoxy) is 1. The summed E-state index contributed by atoms with van der Waals surface area (Å²) in [5.74, 6) is 0.868. The molecular weight excluding hydrogens is 238 g/mol. The SMILES string of the molecule is CCCN(CCC)C(=O)c1cc(CC)cc(OC)c1. The molecule has 1 rings (SSSR count). The standard InChI is InChI=1S/C16H25NO2/c1-5-8-17(9-6-2)16(18)14-10-13(7-3)11-15(12-14)19-4/h10-12H,5-9H2,1-4H3. The molecule has 3 nitrogen and oxygen atoms in total. The van der Waals surface area contributed by atoms with Crippen molar-refractivity contribution in [3.8, 4) is 5.75 Å². The van der Waals surface area contributed by atoms with Gasteiger partial charge in [-0.15, -0.1) is 0 Å². The van der Waals surface area contributed by atoms with Crippen molar-refractivity contribution in [1.82, 2.24) is 4.90 Å². The van der Waals surface area contributed by atoms with Gasteiger partial charge in [0.25, 0.3) is 5.91 Å². The van der Waals surface area contributed by atoms with Crippen molar-refractivity contribution in [3.05, 3.63) is 29.3 Å². The van der Waals surface area contributed by atoms with Crippen molar-refractivity contribution < 1.29 is 9.53 Å². The first-order chi connectivity index (χ1) is 9.15. The molecule has 0 aliphatic rings. The predicted molar refractivity (Wildman–Crippen MR) is 78.9 cm³/mol. The molecule has 19 heavy (non-hydrogen) atoms. The van der Waals surface area contributed by atoms with E-state index >= 15 is 0 Å². The molecule has 0 atom stereocenters. The zero-order valence-corrected chi connectivity index (χ0v) is 12.5. The van der Waals surface area contributed by atoms with Gasteiger partial charge in [0, 0.05) is 18.7 Å². The summed E-state index contributed by atoms with van der Waals surface area (Å²) in [6.45, 7) is 7.90. The Labute approximate surface area is 116 Å². The highest BCUT2D eigenvalue weighted by Gasteiger charge is 2.15. The average molecular weight is 263 g/mol. The first-order valence-corrected chi connectivity index (χ1v) is 7.13. The Balaban J connectivity index is 3.01. The van der Waals surface area contributed by atoms with E-state index in [2.05, 4.69) is 20.8 Å². The Morgan fingerprint density at radius 1 is 1.11 bits per heavy atom. The van der Waals surface area contributed by atoms with Gasteiger partial charge >= 0.3 is 0 Å². The van der Waals surface area contributed by atoms with Crippen LogP contribution in [0.1, 0.15) is 49.5 Å². The number of nitrogens with zero attached hydrogens (tertiary/aromatic N) is 1. The summed E-state index contributed by atoms with van der Waals surface area (Å²) < 4.78 is 5.28. The molecular formula is C16H25NO2. The predicted octanol–water partition coefficient (Wildman–Crippen LogP) is 3.52. The zero-order valence-electron chi connectivity index (χ0n) is 12.5. The van der Waals surface area contributed by atoms with E-state index in [0.717, 1.165) is 49.2 Å². The third-order valence-corrected chi connectivity index (χ3v) is 3.13. The fourth-order valence-electron chi connectivity index (χ4n) is 2.14. The van der Waals surface area contributed by atoms with E-state index in [1.165, 1.54) is 0 Å². The highest BCUT2D eigenvalue weighted by atomic mass is 16.5. The summed E-state index contributed by atoms with van der Waals surface area (Å²) in [4.78, 5) is 14.5. The van der Waals surface area contributed by atoms with Crippen molar-refractivity contribution in [1.29, 1.82) is 0 Å². The van der Waals surface area contributed by atoms with E-state index in [9.17, 15) is 4.79 Å². The van der Waals surface area contributed by atoms with E-state index < -0.39 is 0 Å². The third-order valence-electron chi connectivity index (χ3n) is 3.13. The Morgan fingerprint density at radius 2 is 1.74 bits per heavy atom. The van der Waals surface area contributed by atoms with Crippen LogP contribution in [0.15, 0.2) is 18.2 Å². The summed E-state index contributed by atoms with van der Waals surface area (Å²) in [5, 5.41) is 0. The Hall–Kier alpha value is -1.51. The van der Waals surface area contributed by atoms with Crippen LogP contribution in [0.5, 0.6) is 5.75 Å². The fraction of sp³-hybridized carbons (Fsp3) is 0.562. The number of rotatable bonds is 7. The molecule has 1 aromatic rings. The lowest BCUT2D eigenvalue weighted by Crippen LogP contribution is -2.32. The minimum atomic E-state index is 0.109. The monoisotopic (exact) mass is 263 g/mol. The van der Waals surface area contributed by atoms with Gasteiger partial charge in [-0.3, -0.25) is 4.79 Å². The van der Waals surface area contributed by atoms with E-state index in [1.807, 2.05) is 23.1 Å². The van der Waals surface area contributed by atoms with Crippen LogP contribution in [0.3, 0.4) is 0 Å². The van der Waals surface area contributed by atoms with Crippen molar-refractivity contribution in [2.75, 3.05) is 20.2 Å². The second-order valence-electron chi connectivity index (χ2n) is 4.72. The largest absolute Gasteiger partial charge is 0.497 e. The summed E-state index contributed by atoms with van der Waals surface area (Å²) in [6.07, 6.45) is 2.87. The van der Waals surface area contributed by atoms with Crippen LogP contribution >= 0.6 is 0 Å². The molecule has 0 aromatic heterocycles. The van der Waals surface area contributed by atoms with Gasteiger partial charge in [-0.1, -0.05) is 20.8 Å². The van der Waals surface area contributed by atoms with Crippen LogP contribution in [0.4, 0.5) is 0 Å². The first-order valence-electron chi connectivity index (χ1n) is 7.13. The molecule has 0 bridgehead atoms. The lowest BCUT2D eigenvalue weighted by Gasteiger charge is -2.22. The molecule has 0 aliphatic carbocycles. The van der Waals surface area contributed by atoms with E-state index in [4.69, 9.17) is 4.74 Å². The van der Waals surface area contributed by atoms with E-state index in [1.54, 1.807) is 7.11 Å². The van der Waals surface area contributed by atoms with Gasteiger partial charge < -0.3 is 9.64 Å². The molecule has 0 aliphatic heterocycles. The van der Waals surface area contributed by atoms with Crippen molar-refractivity contribution in [2.45, 2.75) is 40.0 Å². The lowest BCUT2D eigenvalue weighted by atomic mass is 10.1. The number of carbonyl (C=O) groups excluding carboxylic acids is 1. The smallest absolute Gasteiger partial charge is 0.253 e. The highest BCUT2D eigenvalue weighted by Crippen LogP contribution is 2.19. The number of methoxy groups -OCH3 is 1. The number of benzene rings is 1. The van der Waals surface area contributed by atoms with Gasteiger partial charge in [-0.25, -0.2) is 0 Å². The van der Waals surface area contributed by atoms with Crippen LogP contribution in [-0.4, -0.2) is 31.0 Å². The number of hydrogen-bond donors (Lipinski definition) is 0. The molecule has 0 spiro atoms. The molecule has 0 unspecified atom stereocenters. The highest BCUT2D eigenvalue weighted by molar-refractivity contribution is 5.94. The van der Waals surface area contributed by atoms with Gasteiger partial charge in [0.2, 0.25) is 0 Å². The minimum Gasteiger partial charge on any atom is -0.497 e. The van der Waals surface area contributed by atoms with Gasteiger partial charge in [0.05, 0.1) is 7.11 Å². The minimum absolute atomic E-state index is 0.109. The van der Waals surface area contributed by atoms with E-state index in [-0.39, 0.29) is 5.91 Å². The molecule has 3 heteroatoms. The zero-order chi connectivity index (χ0) is 14.3. The topological polar surface area (TPSA) is 29.5 Å². The molecule has 1 aromatic carbocycles. The molecule has 0 heterocycles. The quantitative estimate of drug-likeness (QED) is 0.753. The molecule has 1 amide bonds. The van der Waals surface area contributed by atoms with Crippen LogP contribution in [0.2, 0.25) is 0 Å². The summed E-state index contributed by atoms with van der Waals surface area (Å²) in [6, 6.07) is 5.80. The van der Waals surface area contributed by atoms with E-state index in [0.29, 0.717) is 0 Å². The first kappa shape index (κ1) is 15.5.